The second-order valence-electron chi connectivity index (χ2n) is 3.27. The SMILES string of the molecule is Clc1ccc(CON=Cc2cccs2)cc1Cl. The molecule has 0 aliphatic rings. The van der Waals surface area contributed by atoms with E-state index < -0.39 is 0 Å². The fourth-order valence-electron chi connectivity index (χ4n) is 1.20. The summed E-state index contributed by atoms with van der Waals surface area (Å²) in [5.41, 5.74) is 0.933. The van der Waals surface area contributed by atoms with Gasteiger partial charge in [0, 0.05) is 4.88 Å². The molecule has 1 aromatic carbocycles. The van der Waals surface area contributed by atoms with Crippen LogP contribution in [0, 0.1) is 0 Å². The van der Waals surface area contributed by atoms with Gasteiger partial charge in [0.1, 0.15) is 6.61 Å². The Kier molecular flexibility index (Phi) is 4.42. The van der Waals surface area contributed by atoms with Crippen molar-refractivity contribution in [3.63, 3.8) is 0 Å². The van der Waals surface area contributed by atoms with Crippen LogP contribution >= 0.6 is 34.5 Å². The molecule has 88 valence electrons. The summed E-state index contributed by atoms with van der Waals surface area (Å²) in [6.07, 6.45) is 1.68. The third kappa shape index (κ3) is 3.73. The van der Waals surface area contributed by atoms with Crippen LogP contribution in [0.4, 0.5) is 0 Å². The highest BCUT2D eigenvalue weighted by Gasteiger charge is 1.99. The molecule has 0 amide bonds. The maximum atomic E-state index is 5.88. The molecule has 0 radical (unpaired) electrons. The van der Waals surface area contributed by atoms with Crippen LogP contribution in [0.1, 0.15) is 10.4 Å². The number of rotatable bonds is 4. The minimum Gasteiger partial charge on any atom is -0.391 e. The van der Waals surface area contributed by atoms with Gasteiger partial charge in [-0.05, 0) is 29.1 Å². The van der Waals surface area contributed by atoms with Crippen LogP contribution in [-0.2, 0) is 11.4 Å². The van der Waals surface area contributed by atoms with Gasteiger partial charge in [-0.25, -0.2) is 0 Å². The van der Waals surface area contributed by atoms with Gasteiger partial charge >= 0.3 is 0 Å². The summed E-state index contributed by atoms with van der Waals surface area (Å²) >= 11 is 13.3. The molecule has 0 spiro atoms. The minimum atomic E-state index is 0.374. The largest absolute Gasteiger partial charge is 0.391 e. The first kappa shape index (κ1) is 12.4. The van der Waals surface area contributed by atoms with E-state index in [1.165, 1.54) is 0 Å². The summed E-state index contributed by atoms with van der Waals surface area (Å²) in [7, 11) is 0. The monoisotopic (exact) mass is 285 g/mol. The number of hydrogen-bond acceptors (Lipinski definition) is 3. The lowest BCUT2D eigenvalue weighted by Gasteiger charge is -2.01. The summed E-state index contributed by atoms with van der Waals surface area (Å²) in [4.78, 5) is 6.22. The number of nitrogens with zero attached hydrogens (tertiary/aromatic N) is 1. The summed E-state index contributed by atoms with van der Waals surface area (Å²) in [6, 6.07) is 9.30. The van der Waals surface area contributed by atoms with Crippen LogP contribution in [0.3, 0.4) is 0 Å². The quantitative estimate of drug-likeness (QED) is 0.594. The van der Waals surface area contributed by atoms with E-state index in [2.05, 4.69) is 5.16 Å². The Morgan fingerprint density at radius 2 is 2.12 bits per heavy atom. The average Bonchev–Trinajstić information content (AvgIpc) is 2.82. The topological polar surface area (TPSA) is 21.6 Å². The zero-order valence-electron chi connectivity index (χ0n) is 8.77. The molecule has 1 aromatic heterocycles. The Bertz CT molecular complexity index is 511. The molecule has 0 aliphatic carbocycles. The molecule has 2 nitrogen and oxygen atoms in total. The summed E-state index contributed by atoms with van der Waals surface area (Å²) < 4.78 is 0. The smallest absolute Gasteiger partial charge is 0.142 e. The van der Waals surface area contributed by atoms with Gasteiger partial charge in [0.25, 0.3) is 0 Å². The van der Waals surface area contributed by atoms with Crippen molar-refractivity contribution in [2.24, 2.45) is 5.16 Å². The van der Waals surface area contributed by atoms with Crippen molar-refractivity contribution in [2.75, 3.05) is 0 Å². The number of benzene rings is 1. The van der Waals surface area contributed by atoms with Crippen LogP contribution in [0.2, 0.25) is 10.0 Å². The van der Waals surface area contributed by atoms with Crippen molar-refractivity contribution in [3.05, 3.63) is 56.2 Å². The first-order valence-electron chi connectivity index (χ1n) is 4.88. The van der Waals surface area contributed by atoms with Crippen LogP contribution in [0.25, 0.3) is 0 Å². The predicted molar refractivity (Wildman–Crippen MR) is 73.2 cm³/mol. The lowest BCUT2D eigenvalue weighted by atomic mass is 10.2. The predicted octanol–water partition coefficient (Wildman–Crippen LogP) is 4.61. The molecular formula is C12H9Cl2NOS. The van der Waals surface area contributed by atoms with E-state index in [0.29, 0.717) is 16.7 Å². The molecule has 2 aromatic rings. The van der Waals surface area contributed by atoms with E-state index in [4.69, 9.17) is 28.0 Å². The third-order valence-electron chi connectivity index (χ3n) is 2.01. The van der Waals surface area contributed by atoms with Gasteiger partial charge in [0.2, 0.25) is 0 Å². The van der Waals surface area contributed by atoms with Crippen LogP contribution < -0.4 is 0 Å². The first-order valence-corrected chi connectivity index (χ1v) is 6.52. The van der Waals surface area contributed by atoms with Gasteiger partial charge in [-0.3, -0.25) is 0 Å². The Morgan fingerprint density at radius 3 is 2.82 bits per heavy atom. The van der Waals surface area contributed by atoms with E-state index in [1.54, 1.807) is 29.7 Å². The summed E-state index contributed by atoms with van der Waals surface area (Å²) in [6.45, 7) is 0.374. The maximum Gasteiger partial charge on any atom is 0.142 e. The van der Waals surface area contributed by atoms with Crippen molar-refractivity contribution >= 4 is 40.8 Å². The van der Waals surface area contributed by atoms with Crippen molar-refractivity contribution in [3.8, 4) is 0 Å². The fourth-order valence-corrected chi connectivity index (χ4v) is 2.09. The molecule has 0 fully saturated rings. The molecule has 17 heavy (non-hydrogen) atoms. The van der Waals surface area contributed by atoms with Gasteiger partial charge < -0.3 is 4.84 Å². The summed E-state index contributed by atoms with van der Waals surface area (Å²) in [5, 5.41) is 6.92. The minimum absolute atomic E-state index is 0.374. The number of hydrogen-bond donors (Lipinski definition) is 0. The van der Waals surface area contributed by atoms with Gasteiger partial charge in [-0.15, -0.1) is 11.3 Å². The lowest BCUT2D eigenvalue weighted by molar-refractivity contribution is 0.132. The summed E-state index contributed by atoms with van der Waals surface area (Å²) in [5.74, 6) is 0. The standard InChI is InChI=1S/C12H9Cl2NOS/c13-11-4-3-9(6-12(11)14)8-16-15-7-10-2-1-5-17-10/h1-7H,8H2. The zero-order valence-corrected chi connectivity index (χ0v) is 11.1. The fraction of sp³-hybridized carbons (Fsp3) is 0.0833. The molecular weight excluding hydrogens is 277 g/mol. The number of thiophene rings is 1. The van der Waals surface area contributed by atoms with Crippen LogP contribution in [-0.4, -0.2) is 6.21 Å². The van der Waals surface area contributed by atoms with Gasteiger partial charge in [-0.2, -0.15) is 0 Å². The number of oxime groups is 1. The van der Waals surface area contributed by atoms with E-state index in [9.17, 15) is 0 Å². The molecule has 2 rings (SSSR count). The molecule has 0 unspecified atom stereocenters. The Balaban J connectivity index is 1.88. The Labute approximate surface area is 113 Å². The molecule has 0 N–H and O–H groups in total. The highest BCUT2D eigenvalue weighted by molar-refractivity contribution is 7.11. The Morgan fingerprint density at radius 1 is 1.24 bits per heavy atom. The lowest BCUT2D eigenvalue weighted by Crippen LogP contribution is -1.87. The van der Waals surface area contributed by atoms with E-state index in [0.717, 1.165) is 10.4 Å². The van der Waals surface area contributed by atoms with Crippen LogP contribution in [0.5, 0.6) is 0 Å². The second-order valence-corrected chi connectivity index (χ2v) is 5.07. The molecule has 0 saturated heterocycles. The van der Waals surface area contributed by atoms with E-state index in [-0.39, 0.29) is 0 Å². The molecule has 0 saturated carbocycles. The van der Waals surface area contributed by atoms with Gasteiger partial charge in [0.15, 0.2) is 0 Å². The van der Waals surface area contributed by atoms with Crippen molar-refractivity contribution in [2.45, 2.75) is 6.61 Å². The third-order valence-corrected chi connectivity index (χ3v) is 3.56. The molecule has 0 bridgehead atoms. The van der Waals surface area contributed by atoms with Crippen molar-refractivity contribution < 1.29 is 4.84 Å². The molecule has 5 heteroatoms. The molecule has 1 heterocycles. The van der Waals surface area contributed by atoms with Crippen LogP contribution in [0.15, 0.2) is 40.9 Å². The molecule has 0 atom stereocenters. The van der Waals surface area contributed by atoms with Gasteiger partial charge in [-0.1, -0.05) is 40.5 Å². The maximum absolute atomic E-state index is 5.88. The number of halogens is 2. The van der Waals surface area contributed by atoms with Crippen molar-refractivity contribution in [1.29, 1.82) is 0 Å². The average molecular weight is 286 g/mol. The normalized spacial score (nSPS) is 10.9. The molecule has 0 aliphatic heterocycles. The van der Waals surface area contributed by atoms with E-state index >= 15 is 0 Å². The van der Waals surface area contributed by atoms with Crippen molar-refractivity contribution in [1.82, 2.24) is 0 Å². The van der Waals surface area contributed by atoms with E-state index in [1.807, 2.05) is 23.6 Å². The Hall–Kier alpha value is -1.03. The second kappa shape index (κ2) is 6.05. The zero-order chi connectivity index (χ0) is 12.1. The highest BCUT2D eigenvalue weighted by Crippen LogP contribution is 2.22. The first-order chi connectivity index (χ1) is 8.25. The highest BCUT2D eigenvalue weighted by atomic mass is 35.5. The van der Waals surface area contributed by atoms with Gasteiger partial charge in [0.05, 0.1) is 16.3 Å².